The van der Waals surface area contributed by atoms with Crippen LogP contribution in [0, 0.1) is 0 Å². The predicted molar refractivity (Wildman–Crippen MR) is 59.5 cm³/mol. The topological polar surface area (TPSA) is 26.3 Å². The zero-order valence-corrected chi connectivity index (χ0v) is 8.99. The third-order valence-corrected chi connectivity index (χ3v) is 2.86. The van der Waals surface area contributed by atoms with Gasteiger partial charge in [-0.1, -0.05) is 31.2 Å². The highest BCUT2D eigenvalue weighted by Crippen LogP contribution is 2.40. The maximum absolute atomic E-state index is 11.2. The molecule has 15 heavy (non-hydrogen) atoms. The summed E-state index contributed by atoms with van der Waals surface area (Å²) < 4.78 is 4.65. The Bertz CT molecular complexity index is 418. The van der Waals surface area contributed by atoms with Gasteiger partial charge in [0.15, 0.2) is 0 Å². The van der Waals surface area contributed by atoms with Crippen LogP contribution in [0.3, 0.4) is 0 Å². The number of fused-ring (bicyclic) bond motifs is 1. The number of hydrogen-bond donors (Lipinski definition) is 0. The van der Waals surface area contributed by atoms with Gasteiger partial charge in [0.2, 0.25) is 0 Å². The van der Waals surface area contributed by atoms with Crippen LogP contribution in [0.4, 0.5) is 0 Å². The smallest absolute Gasteiger partial charge is 0.330 e. The highest BCUT2D eigenvalue weighted by molar-refractivity contribution is 5.93. The molecular formula is C13H14O2. The third kappa shape index (κ3) is 1.80. The number of allylic oxidation sites excluding steroid dienone is 1. The first-order valence-corrected chi connectivity index (χ1v) is 5.10. The van der Waals surface area contributed by atoms with Gasteiger partial charge in [0.25, 0.3) is 0 Å². The largest absolute Gasteiger partial charge is 0.466 e. The Labute approximate surface area is 89.6 Å². The van der Waals surface area contributed by atoms with E-state index >= 15 is 0 Å². The highest BCUT2D eigenvalue weighted by Gasteiger charge is 2.22. The summed E-state index contributed by atoms with van der Waals surface area (Å²) >= 11 is 0. The van der Waals surface area contributed by atoms with Crippen LogP contribution in [0.15, 0.2) is 30.3 Å². The van der Waals surface area contributed by atoms with Crippen LogP contribution in [-0.4, -0.2) is 13.1 Å². The van der Waals surface area contributed by atoms with Crippen molar-refractivity contribution in [3.05, 3.63) is 41.5 Å². The highest BCUT2D eigenvalue weighted by atomic mass is 16.5. The van der Waals surface area contributed by atoms with Crippen LogP contribution in [0.2, 0.25) is 0 Å². The maximum atomic E-state index is 11.2. The molecular weight excluding hydrogens is 188 g/mol. The molecule has 1 unspecified atom stereocenters. The minimum Gasteiger partial charge on any atom is -0.466 e. The Morgan fingerprint density at radius 2 is 2.20 bits per heavy atom. The summed E-state index contributed by atoms with van der Waals surface area (Å²) in [5.41, 5.74) is 3.60. The number of benzene rings is 1. The van der Waals surface area contributed by atoms with Gasteiger partial charge in [0.1, 0.15) is 0 Å². The van der Waals surface area contributed by atoms with Crippen molar-refractivity contribution in [2.45, 2.75) is 19.3 Å². The molecule has 1 aromatic carbocycles. The maximum Gasteiger partial charge on any atom is 0.330 e. The van der Waals surface area contributed by atoms with Crippen molar-refractivity contribution in [3.63, 3.8) is 0 Å². The molecule has 0 heterocycles. The fourth-order valence-electron chi connectivity index (χ4n) is 2.11. The van der Waals surface area contributed by atoms with Crippen molar-refractivity contribution in [2.24, 2.45) is 0 Å². The normalized spacial score (nSPS) is 21.5. The molecule has 1 atom stereocenters. The Hall–Kier alpha value is -1.57. The van der Waals surface area contributed by atoms with E-state index in [-0.39, 0.29) is 5.97 Å². The van der Waals surface area contributed by atoms with E-state index in [9.17, 15) is 4.79 Å². The second kappa shape index (κ2) is 3.89. The molecule has 1 aliphatic carbocycles. The van der Waals surface area contributed by atoms with Gasteiger partial charge in [0, 0.05) is 6.08 Å². The third-order valence-electron chi connectivity index (χ3n) is 2.86. The Morgan fingerprint density at radius 1 is 1.47 bits per heavy atom. The Kier molecular flexibility index (Phi) is 2.58. The van der Waals surface area contributed by atoms with Gasteiger partial charge in [0.05, 0.1) is 7.11 Å². The minimum atomic E-state index is -0.270. The molecule has 2 rings (SSSR count). The van der Waals surface area contributed by atoms with Crippen LogP contribution in [0.1, 0.15) is 30.4 Å². The van der Waals surface area contributed by atoms with Crippen molar-refractivity contribution >= 4 is 11.5 Å². The first-order chi connectivity index (χ1) is 7.22. The van der Waals surface area contributed by atoms with Crippen molar-refractivity contribution < 1.29 is 9.53 Å². The molecule has 0 aliphatic heterocycles. The van der Waals surface area contributed by atoms with E-state index < -0.39 is 0 Å². The fraction of sp³-hybridized carbons (Fsp3) is 0.308. The van der Waals surface area contributed by atoms with E-state index in [1.165, 1.54) is 18.2 Å². The van der Waals surface area contributed by atoms with E-state index in [2.05, 4.69) is 23.8 Å². The number of rotatable bonds is 1. The number of carbonyl (C=O) groups is 1. The molecule has 1 aromatic rings. The molecule has 0 saturated carbocycles. The molecule has 0 N–H and O–H groups in total. The first-order valence-electron chi connectivity index (χ1n) is 5.10. The molecule has 0 fully saturated rings. The van der Waals surface area contributed by atoms with Crippen LogP contribution in [0.5, 0.6) is 0 Å². The van der Waals surface area contributed by atoms with Gasteiger partial charge in [-0.25, -0.2) is 4.79 Å². The second-order valence-electron chi connectivity index (χ2n) is 3.89. The summed E-state index contributed by atoms with van der Waals surface area (Å²) in [5.74, 6) is 0.228. The molecule has 0 bridgehead atoms. The summed E-state index contributed by atoms with van der Waals surface area (Å²) in [6.45, 7) is 2.18. The molecule has 0 spiro atoms. The van der Waals surface area contributed by atoms with Crippen molar-refractivity contribution in [2.75, 3.05) is 7.11 Å². The van der Waals surface area contributed by atoms with Crippen LogP contribution >= 0.6 is 0 Å². The lowest BCUT2D eigenvalue weighted by Crippen LogP contribution is -1.95. The number of methoxy groups -OCH3 is 1. The monoisotopic (exact) mass is 202 g/mol. The second-order valence-corrected chi connectivity index (χ2v) is 3.89. The molecule has 0 saturated heterocycles. The predicted octanol–water partition coefficient (Wildman–Crippen LogP) is 2.75. The van der Waals surface area contributed by atoms with E-state index in [0.717, 1.165) is 12.0 Å². The Balaban J connectivity index is 2.40. The van der Waals surface area contributed by atoms with Crippen LogP contribution < -0.4 is 0 Å². The number of hydrogen-bond acceptors (Lipinski definition) is 2. The van der Waals surface area contributed by atoms with Crippen LogP contribution in [-0.2, 0) is 9.53 Å². The summed E-state index contributed by atoms with van der Waals surface area (Å²) in [5, 5.41) is 0. The van der Waals surface area contributed by atoms with Gasteiger partial charge < -0.3 is 4.74 Å². The van der Waals surface area contributed by atoms with E-state index in [1.54, 1.807) is 6.08 Å². The molecule has 2 heteroatoms. The molecule has 0 amide bonds. The van der Waals surface area contributed by atoms with Gasteiger partial charge in [-0.2, -0.15) is 0 Å². The molecule has 2 nitrogen and oxygen atoms in total. The summed E-state index contributed by atoms with van der Waals surface area (Å²) in [4.78, 5) is 11.2. The van der Waals surface area contributed by atoms with Crippen molar-refractivity contribution in [3.8, 4) is 0 Å². The average molecular weight is 202 g/mol. The zero-order chi connectivity index (χ0) is 10.8. The quantitative estimate of drug-likeness (QED) is 0.517. The zero-order valence-electron chi connectivity index (χ0n) is 8.99. The molecule has 0 radical (unpaired) electrons. The van der Waals surface area contributed by atoms with Gasteiger partial charge in [-0.3, -0.25) is 0 Å². The van der Waals surface area contributed by atoms with Gasteiger partial charge in [-0.05, 0) is 29.0 Å². The van der Waals surface area contributed by atoms with Gasteiger partial charge in [-0.15, -0.1) is 0 Å². The summed E-state index contributed by atoms with van der Waals surface area (Å²) in [6, 6.07) is 8.23. The molecule has 78 valence electrons. The average Bonchev–Trinajstić information content (AvgIpc) is 2.57. The van der Waals surface area contributed by atoms with Crippen LogP contribution in [0.25, 0.3) is 5.57 Å². The van der Waals surface area contributed by atoms with E-state index in [4.69, 9.17) is 0 Å². The first kappa shape index (κ1) is 9.97. The van der Waals surface area contributed by atoms with E-state index in [0.29, 0.717) is 5.92 Å². The van der Waals surface area contributed by atoms with Gasteiger partial charge >= 0.3 is 5.97 Å². The number of esters is 1. The standard InChI is InChI=1S/C13H14O2/c1-9-7-10(8-13(14)15-2)12-6-4-3-5-11(9)12/h3-6,8-9H,7H2,1-2H3/b10-8-. The molecule has 0 aromatic heterocycles. The summed E-state index contributed by atoms with van der Waals surface area (Å²) in [7, 11) is 1.41. The van der Waals surface area contributed by atoms with Crippen molar-refractivity contribution in [1.29, 1.82) is 0 Å². The minimum absolute atomic E-state index is 0.270. The lowest BCUT2D eigenvalue weighted by atomic mass is 10.0. The fourth-order valence-corrected chi connectivity index (χ4v) is 2.11. The van der Waals surface area contributed by atoms with Crippen molar-refractivity contribution in [1.82, 2.24) is 0 Å². The lowest BCUT2D eigenvalue weighted by Gasteiger charge is -2.00. The summed E-state index contributed by atoms with van der Waals surface area (Å²) in [6.07, 6.45) is 2.52. The Morgan fingerprint density at radius 3 is 2.93 bits per heavy atom. The SMILES string of the molecule is COC(=O)/C=C1/CC(C)c2ccccc21. The molecule has 1 aliphatic rings. The van der Waals surface area contributed by atoms with E-state index in [1.807, 2.05) is 12.1 Å². The lowest BCUT2D eigenvalue weighted by molar-refractivity contribution is -0.134. The number of carbonyl (C=O) groups excluding carboxylic acids is 1. The number of ether oxygens (including phenoxy) is 1.